The number of pyridine rings is 1. The zero-order valence-corrected chi connectivity index (χ0v) is 10.2. The van der Waals surface area contributed by atoms with Gasteiger partial charge >= 0.3 is 0 Å². The Balaban J connectivity index is 2.19. The van der Waals surface area contributed by atoms with Crippen LogP contribution in [0.2, 0.25) is 0 Å². The molecule has 5 heteroatoms. The number of hydrogen-bond acceptors (Lipinski definition) is 5. The van der Waals surface area contributed by atoms with E-state index in [2.05, 4.69) is 28.2 Å². The van der Waals surface area contributed by atoms with Gasteiger partial charge in [0.05, 0.1) is 0 Å². The molecule has 0 atom stereocenters. The Hall–Kier alpha value is -1.49. The first-order chi connectivity index (χ1) is 7.65. The molecule has 0 unspecified atom stereocenters. The van der Waals surface area contributed by atoms with Gasteiger partial charge in [0, 0.05) is 17.5 Å². The van der Waals surface area contributed by atoms with Crippen molar-refractivity contribution in [3.63, 3.8) is 0 Å². The van der Waals surface area contributed by atoms with Gasteiger partial charge in [0.2, 0.25) is 5.95 Å². The molecular formula is C11H14N4S. The maximum absolute atomic E-state index is 5.48. The highest BCUT2D eigenvalue weighted by atomic mass is 32.1. The lowest BCUT2D eigenvalue weighted by molar-refractivity contribution is 0.635. The average Bonchev–Trinajstić information content (AvgIpc) is 2.65. The number of nitrogens with zero attached hydrogens (tertiary/aromatic N) is 3. The molecule has 2 N–H and O–H groups in total. The van der Waals surface area contributed by atoms with Crippen LogP contribution in [0.3, 0.4) is 0 Å². The number of aromatic nitrogens is 3. The van der Waals surface area contributed by atoms with Crippen LogP contribution in [-0.2, 0) is 6.42 Å². The molecule has 0 spiro atoms. The molecule has 0 saturated carbocycles. The third-order valence-corrected chi connectivity index (χ3v) is 2.91. The maximum atomic E-state index is 5.48. The lowest BCUT2D eigenvalue weighted by Crippen LogP contribution is -1.96. The summed E-state index contributed by atoms with van der Waals surface area (Å²) in [5, 5.41) is 0.820. The number of anilines is 1. The van der Waals surface area contributed by atoms with Crippen LogP contribution < -0.4 is 5.73 Å². The molecule has 2 heterocycles. The number of nitrogens with two attached hydrogens (primary N) is 1. The van der Waals surface area contributed by atoms with Crippen molar-refractivity contribution in [2.75, 3.05) is 5.73 Å². The summed E-state index contributed by atoms with van der Waals surface area (Å²) in [6.07, 6.45) is 2.83. The second kappa shape index (κ2) is 4.57. The van der Waals surface area contributed by atoms with E-state index in [9.17, 15) is 0 Å². The molecule has 0 radical (unpaired) electrons. The highest BCUT2D eigenvalue weighted by molar-refractivity contribution is 7.09. The highest BCUT2D eigenvalue weighted by Crippen LogP contribution is 2.21. The van der Waals surface area contributed by atoms with E-state index in [1.54, 1.807) is 0 Å². The Morgan fingerprint density at radius 3 is 2.69 bits per heavy atom. The van der Waals surface area contributed by atoms with Crippen LogP contribution in [0.5, 0.6) is 0 Å². The van der Waals surface area contributed by atoms with E-state index in [0.717, 1.165) is 22.7 Å². The number of hydrogen-bond donors (Lipinski definition) is 1. The summed E-state index contributed by atoms with van der Waals surface area (Å²) in [5.74, 6) is 0.946. The molecule has 0 aliphatic rings. The van der Waals surface area contributed by atoms with Crippen LogP contribution >= 0.6 is 11.5 Å². The van der Waals surface area contributed by atoms with Crippen molar-refractivity contribution >= 4 is 17.5 Å². The van der Waals surface area contributed by atoms with E-state index in [4.69, 9.17) is 5.73 Å². The largest absolute Gasteiger partial charge is 0.367 e. The molecule has 0 bridgehead atoms. The molecule has 2 rings (SSSR count). The quantitative estimate of drug-likeness (QED) is 0.885. The molecule has 0 aliphatic heterocycles. The fourth-order valence-electron chi connectivity index (χ4n) is 1.44. The summed E-state index contributed by atoms with van der Waals surface area (Å²) in [6, 6.07) is 4.05. The van der Waals surface area contributed by atoms with Gasteiger partial charge in [0.25, 0.3) is 0 Å². The minimum Gasteiger partial charge on any atom is -0.367 e. The van der Waals surface area contributed by atoms with Crippen LogP contribution in [0.4, 0.5) is 5.95 Å². The van der Waals surface area contributed by atoms with Crippen molar-refractivity contribution in [3.8, 4) is 10.6 Å². The minimum absolute atomic E-state index is 0.325. The van der Waals surface area contributed by atoms with Crippen molar-refractivity contribution in [1.82, 2.24) is 14.3 Å². The van der Waals surface area contributed by atoms with Crippen molar-refractivity contribution in [3.05, 3.63) is 24.0 Å². The Bertz CT molecular complexity index is 461. The Kier molecular flexibility index (Phi) is 3.14. The summed E-state index contributed by atoms with van der Waals surface area (Å²) in [6.45, 7) is 4.36. The Labute approximate surface area is 98.7 Å². The van der Waals surface area contributed by atoms with Gasteiger partial charge in [-0.3, -0.25) is 4.98 Å². The van der Waals surface area contributed by atoms with E-state index < -0.39 is 0 Å². The van der Waals surface area contributed by atoms with Gasteiger partial charge in [0.1, 0.15) is 5.01 Å². The predicted molar refractivity (Wildman–Crippen MR) is 66.1 cm³/mol. The first-order valence-electron chi connectivity index (χ1n) is 5.19. The molecule has 4 nitrogen and oxygen atoms in total. The fourth-order valence-corrected chi connectivity index (χ4v) is 2.02. The molecule has 16 heavy (non-hydrogen) atoms. The molecule has 2 aromatic rings. The van der Waals surface area contributed by atoms with Gasteiger partial charge in [-0.15, -0.1) is 0 Å². The maximum Gasteiger partial charge on any atom is 0.232 e. The van der Waals surface area contributed by atoms with Crippen molar-refractivity contribution in [2.24, 2.45) is 5.92 Å². The predicted octanol–water partition coefficient (Wildman–Crippen LogP) is 2.38. The fraction of sp³-hybridized carbons (Fsp3) is 0.364. The van der Waals surface area contributed by atoms with Crippen LogP contribution in [-0.4, -0.2) is 14.3 Å². The molecule has 0 amide bonds. The third kappa shape index (κ3) is 2.55. The molecule has 84 valence electrons. The second-order valence-corrected chi connectivity index (χ2v) is 4.85. The third-order valence-electron chi connectivity index (χ3n) is 2.13. The Morgan fingerprint density at radius 2 is 2.19 bits per heavy atom. The smallest absolute Gasteiger partial charge is 0.232 e. The van der Waals surface area contributed by atoms with Crippen LogP contribution in [0.15, 0.2) is 18.3 Å². The lowest BCUT2D eigenvalue weighted by Gasteiger charge is -2.03. The standard InChI is InChI=1S/C11H14N4S/c1-7(2)5-9-4-3-8(6-13-9)10-14-11(12)15-16-10/h3-4,6-7H,5H2,1-2H3,(H2,12,15). The van der Waals surface area contributed by atoms with Crippen molar-refractivity contribution < 1.29 is 0 Å². The summed E-state index contributed by atoms with van der Waals surface area (Å²) < 4.78 is 3.94. The van der Waals surface area contributed by atoms with E-state index >= 15 is 0 Å². The molecule has 0 aliphatic carbocycles. The molecular weight excluding hydrogens is 220 g/mol. The van der Waals surface area contributed by atoms with Crippen molar-refractivity contribution in [1.29, 1.82) is 0 Å². The van der Waals surface area contributed by atoms with Gasteiger partial charge in [-0.25, -0.2) is 0 Å². The van der Waals surface area contributed by atoms with Gasteiger partial charge in [-0.1, -0.05) is 13.8 Å². The summed E-state index contributed by atoms with van der Waals surface area (Å²) in [5.41, 5.74) is 7.56. The van der Waals surface area contributed by atoms with Gasteiger partial charge < -0.3 is 5.73 Å². The monoisotopic (exact) mass is 234 g/mol. The summed E-state index contributed by atoms with van der Waals surface area (Å²) in [4.78, 5) is 8.52. The minimum atomic E-state index is 0.325. The lowest BCUT2D eigenvalue weighted by atomic mass is 10.1. The Morgan fingerprint density at radius 1 is 1.38 bits per heavy atom. The molecule has 2 aromatic heterocycles. The highest BCUT2D eigenvalue weighted by Gasteiger charge is 2.05. The van der Waals surface area contributed by atoms with E-state index in [-0.39, 0.29) is 0 Å². The zero-order valence-electron chi connectivity index (χ0n) is 9.34. The second-order valence-electron chi connectivity index (χ2n) is 4.09. The first kappa shape index (κ1) is 11.0. The molecule has 0 saturated heterocycles. The molecule has 0 fully saturated rings. The molecule has 0 aromatic carbocycles. The topological polar surface area (TPSA) is 64.7 Å². The summed E-state index contributed by atoms with van der Waals surface area (Å²) >= 11 is 1.30. The van der Waals surface area contributed by atoms with E-state index in [1.165, 1.54) is 11.5 Å². The first-order valence-corrected chi connectivity index (χ1v) is 5.97. The van der Waals surface area contributed by atoms with Crippen LogP contribution in [0, 0.1) is 5.92 Å². The van der Waals surface area contributed by atoms with Crippen LogP contribution in [0.25, 0.3) is 10.6 Å². The van der Waals surface area contributed by atoms with Gasteiger partial charge in [-0.2, -0.15) is 9.36 Å². The number of nitrogen functional groups attached to an aromatic ring is 1. The van der Waals surface area contributed by atoms with Crippen molar-refractivity contribution in [2.45, 2.75) is 20.3 Å². The SMILES string of the molecule is CC(C)Cc1ccc(-c2nc(N)ns2)cn1. The van der Waals surface area contributed by atoms with Gasteiger partial charge in [0.15, 0.2) is 0 Å². The van der Waals surface area contributed by atoms with Crippen LogP contribution in [0.1, 0.15) is 19.5 Å². The van der Waals surface area contributed by atoms with Gasteiger partial charge in [-0.05, 0) is 36.0 Å². The van der Waals surface area contributed by atoms with E-state index in [0.29, 0.717) is 11.9 Å². The average molecular weight is 234 g/mol. The zero-order chi connectivity index (χ0) is 11.5. The normalized spacial score (nSPS) is 10.9. The van der Waals surface area contributed by atoms with E-state index in [1.807, 2.05) is 18.3 Å². The number of rotatable bonds is 3. The summed E-state index contributed by atoms with van der Waals surface area (Å²) in [7, 11) is 0.